The van der Waals surface area contributed by atoms with Gasteiger partial charge in [-0.15, -0.1) is 12.4 Å². The van der Waals surface area contributed by atoms with Crippen LogP contribution in [0.5, 0.6) is 0 Å². The summed E-state index contributed by atoms with van der Waals surface area (Å²) in [6.07, 6.45) is 3.12. The Balaban J connectivity index is 0.00000353. The second kappa shape index (κ2) is 13.5. The Morgan fingerprint density at radius 3 is 2.26 bits per heavy atom. The lowest BCUT2D eigenvalue weighted by Gasteiger charge is -2.39. The van der Waals surface area contributed by atoms with Gasteiger partial charge in [-0.1, -0.05) is 88.2 Å². The number of nitrogens with zero attached hydrogens (tertiary/aromatic N) is 3. The number of benzene rings is 3. The number of halogens is 3. The van der Waals surface area contributed by atoms with Gasteiger partial charge in [0.2, 0.25) is 11.8 Å². The van der Waals surface area contributed by atoms with E-state index in [1.807, 2.05) is 41.3 Å². The molecule has 3 aliphatic rings. The third-order valence-electron chi connectivity index (χ3n) is 9.51. The number of likely N-dealkylation sites (tertiary alicyclic amines) is 3. The molecule has 8 heteroatoms. The molecule has 3 aliphatic heterocycles. The maximum absolute atomic E-state index is 13.6. The van der Waals surface area contributed by atoms with Gasteiger partial charge in [0.15, 0.2) is 0 Å². The van der Waals surface area contributed by atoms with E-state index in [4.69, 9.17) is 11.6 Å². The number of carbonyl (C=O) groups is 2. The Morgan fingerprint density at radius 2 is 1.55 bits per heavy atom. The summed E-state index contributed by atoms with van der Waals surface area (Å²) in [5.41, 5.74) is 3.15. The van der Waals surface area contributed by atoms with Crippen LogP contribution in [-0.2, 0) is 22.6 Å². The fourth-order valence-electron chi connectivity index (χ4n) is 7.07. The van der Waals surface area contributed by atoms with Gasteiger partial charge in [-0.05, 0) is 73.2 Å². The molecular formula is C34H38BrCl2N3O2. The molecule has 0 bridgehead atoms. The van der Waals surface area contributed by atoms with Crippen LogP contribution in [-0.4, -0.2) is 65.8 Å². The first-order valence-electron chi connectivity index (χ1n) is 14.7. The third-order valence-corrected chi connectivity index (χ3v) is 10.4. The Kier molecular flexibility index (Phi) is 9.99. The molecule has 3 aromatic rings. The number of carbonyl (C=O) groups excluding carboxylic acids is 2. The predicted molar refractivity (Wildman–Crippen MR) is 174 cm³/mol. The van der Waals surface area contributed by atoms with E-state index in [2.05, 4.69) is 68.2 Å². The Labute approximate surface area is 268 Å². The zero-order chi connectivity index (χ0) is 28.4. The van der Waals surface area contributed by atoms with Gasteiger partial charge in [-0.2, -0.15) is 0 Å². The molecule has 0 radical (unpaired) electrons. The molecule has 2 amide bonds. The predicted octanol–water partition coefficient (Wildman–Crippen LogP) is 6.82. The van der Waals surface area contributed by atoms with Gasteiger partial charge in [0.25, 0.3) is 0 Å². The normalized spacial score (nSPS) is 22.0. The van der Waals surface area contributed by atoms with E-state index in [0.717, 1.165) is 68.6 Å². The van der Waals surface area contributed by atoms with Crippen LogP contribution < -0.4 is 0 Å². The Hall–Kier alpha value is -2.38. The molecular weight excluding hydrogens is 633 g/mol. The molecule has 42 heavy (non-hydrogen) atoms. The fraction of sp³-hybridized carbons (Fsp3) is 0.412. The lowest BCUT2D eigenvalue weighted by atomic mass is 9.76. The summed E-state index contributed by atoms with van der Waals surface area (Å²) in [7, 11) is 0. The quantitative estimate of drug-likeness (QED) is 0.277. The molecule has 0 N–H and O–H groups in total. The van der Waals surface area contributed by atoms with E-state index in [-0.39, 0.29) is 23.7 Å². The number of piperidine rings is 1. The molecule has 2 atom stereocenters. The first-order valence-corrected chi connectivity index (χ1v) is 15.9. The summed E-state index contributed by atoms with van der Waals surface area (Å²) in [6.45, 7) is 5.84. The van der Waals surface area contributed by atoms with Crippen molar-refractivity contribution in [1.29, 1.82) is 0 Å². The lowest BCUT2D eigenvalue weighted by Crippen LogP contribution is -2.46. The highest BCUT2D eigenvalue weighted by molar-refractivity contribution is 9.10. The zero-order valence-corrected chi connectivity index (χ0v) is 26.9. The summed E-state index contributed by atoms with van der Waals surface area (Å²) in [6, 6.07) is 26.5. The smallest absolute Gasteiger partial charge is 0.229 e. The summed E-state index contributed by atoms with van der Waals surface area (Å²) in [4.78, 5) is 33.6. The van der Waals surface area contributed by atoms with Crippen LogP contribution in [0.3, 0.4) is 0 Å². The number of amides is 2. The van der Waals surface area contributed by atoms with Gasteiger partial charge in [0.05, 0.1) is 11.8 Å². The van der Waals surface area contributed by atoms with Crippen LogP contribution in [0.4, 0.5) is 0 Å². The minimum Gasteiger partial charge on any atom is -0.341 e. The lowest BCUT2D eigenvalue weighted by molar-refractivity contribution is -0.139. The number of hydrogen-bond donors (Lipinski definition) is 0. The van der Waals surface area contributed by atoms with Gasteiger partial charge >= 0.3 is 0 Å². The van der Waals surface area contributed by atoms with Crippen molar-refractivity contribution in [3.63, 3.8) is 0 Å². The highest BCUT2D eigenvalue weighted by Crippen LogP contribution is 2.43. The second-order valence-electron chi connectivity index (χ2n) is 12.0. The summed E-state index contributed by atoms with van der Waals surface area (Å²) >= 11 is 9.87. The van der Waals surface area contributed by atoms with E-state index in [0.29, 0.717) is 35.7 Å². The Bertz CT molecular complexity index is 1380. The third kappa shape index (κ3) is 6.72. The van der Waals surface area contributed by atoms with Gasteiger partial charge in [0.1, 0.15) is 0 Å². The molecule has 0 aliphatic carbocycles. The van der Waals surface area contributed by atoms with Gasteiger partial charge in [-0.25, -0.2) is 0 Å². The van der Waals surface area contributed by atoms with Crippen molar-refractivity contribution in [1.82, 2.24) is 14.7 Å². The average Bonchev–Trinajstić information content (AvgIpc) is 3.54. The van der Waals surface area contributed by atoms with Crippen molar-refractivity contribution in [2.24, 2.45) is 11.3 Å². The largest absolute Gasteiger partial charge is 0.341 e. The fourth-order valence-corrected chi connectivity index (χ4v) is 7.53. The molecule has 6 rings (SSSR count). The highest BCUT2D eigenvalue weighted by Gasteiger charge is 2.48. The summed E-state index contributed by atoms with van der Waals surface area (Å²) in [5.74, 6) is 1.13. The van der Waals surface area contributed by atoms with E-state index in [1.165, 1.54) is 11.1 Å². The molecule has 5 nitrogen and oxygen atoms in total. The van der Waals surface area contributed by atoms with Crippen molar-refractivity contribution in [2.45, 2.75) is 38.1 Å². The van der Waals surface area contributed by atoms with Crippen LogP contribution in [0.15, 0.2) is 83.3 Å². The SMILES string of the molecule is Cl.O=C(Cc1ccccc1Cl)N1CC(CN2CCC3(CC2)CCN(Cc2ccc(Br)cc2)C3=O)C(c2ccccc2)C1. The monoisotopic (exact) mass is 669 g/mol. The molecule has 3 heterocycles. The van der Waals surface area contributed by atoms with Gasteiger partial charge < -0.3 is 14.7 Å². The standard InChI is InChI=1S/C34H37BrClN3O2.ClH/c35-29-12-10-25(11-13-29)21-38-19-16-34(33(38)41)14-17-37(18-15-34)22-28-23-39(24-30(28)26-6-2-1-3-7-26)32(40)20-27-8-4-5-9-31(27)36;/h1-13,28,30H,14-24H2;1H. The average molecular weight is 672 g/mol. The molecule has 0 aromatic heterocycles. The molecule has 3 saturated heterocycles. The van der Waals surface area contributed by atoms with Gasteiger partial charge in [-0.3, -0.25) is 9.59 Å². The maximum Gasteiger partial charge on any atom is 0.229 e. The van der Waals surface area contributed by atoms with Crippen molar-refractivity contribution in [3.05, 3.63) is 105 Å². The van der Waals surface area contributed by atoms with Crippen molar-refractivity contribution in [2.75, 3.05) is 39.3 Å². The van der Waals surface area contributed by atoms with Crippen LogP contribution in [0.1, 0.15) is 41.9 Å². The number of rotatable bonds is 7. The molecule has 3 aromatic carbocycles. The summed E-state index contributed by atoms with van der Waals surface area (Å²) < 4.78 is 1.06. The minimum atomic E-state index is -0.211. The van der Waals surface area contributed by atoms with Crippen LogP contribution >= 0.6 is 39.9 Å². The van der Waals surface area contributed by atoms with Crippen LogP contribution in [0, 0.1) is 11.3 Å². The Morgan fingerprint density at radius 1 is 0.881 bits per heavy atom. The maximum atomic E-state index is 13.6. The van der Waals surface area contributed by atoms with E-state index < -0.39 is 0 Å². The van der Waals surface area contributed by atoms with Crippen molar-refractivity contribution >= 4 is 51.8 Å². The zero-order valence-electron chi connectivity index (χ0n) is 23.8. The highest BCUT2D eigenvalue weighted by atomic mass is 79.9. The van der Waals surface area contributed by atoms with Gasteiger partial charge in [0, 0.05) is 48.1 Å². The molecule has 222 valence electrons. The van der Waals surface area contributed by atoms with E-state index in [1.54, 1.807) is 0 Å². The van der Waals surface area contributed by atoms with E-state index >= 15 is 0 Å². The number of hydrogen-bond acceptors (Lipinski definition) is 3. The molecule has 2 unspecified atom stereocenters. The molecule has 3 fully saturated rings. The second-order valence-corrected chi connectivity index (χ2v) is 13.4. The first kappa shape index (κ1) is 31.1. The van der Waals surface area contributed by atoms with Crippen molar-refractivity contribution in [3.8, 4) is 0 Å². The van der Waals surface area contributed by atoms with E-state index in [9.17, 15) is 9.59 Å². The summed E-state index contributed by atoms with van der Waals surface area (Å²) in [5, 5.41) is 0.648. The molecule has 1 spiro atoms. The minimum absolute atomic E-state index is 0. The van der Waals surface area contributed by atoms with Crippen LogP contribution in [0.25, 0.3) is 0 Å². The first-order chi connectivity index (χ1) is 19.9. The van der Waals surface area contributed by atoms with Crippen molar-refractivity contribution < 1.29 is 9.59 Å². The molecule has 0 saturated carbocycles. The van der Waals surface area contributed by atoms with Crippen LogP contribution in [0.2, 0.25) is 5.02 Å². The topological polar surface area (TPSA) is 43.9 Å².